The lowest BCUT2D eigenvalue weighted by atomic mass is 10.1. The summed E-state index contributed by atoms with van der Waals surface area (Å²) in [4.78, 5) is 18.9. The smallest absolute Gasteiger partial charge is 0.185 e. The molecule has 0 saturated heterocycles. The van der Waals surface area contributed by atoms with E-state index in [9.17, 15) is 4.79 Å². The fraction of sp³-hybridized carbons (Fsp3) is 0.211. The summed E-state index contributed by atoms with van der Waals surface area (Å²) in [7, 11) is 4.15. The molecule has 23 heavy (non-hydrogen) atoms. The highest BCUT2D eigenvalue weighted by Gasteiger charge is 2.23. The van der Waals surface area contributed by atoms with Gasteiger partial charge in [0.2, 0.25) is 0 Å². The number of hydrogen-bond acceptors (Lipinski definition) is 4. The monoisotopic (exact) mass is 324 g/mol. The third-order valence-electron chi connectivity index (χ3n) is 3.87. The Morgan fingerprint density at radius 1 is 1.17 bits per heavy atom. The molecule has 0 saturated carbocycles. The van der Waals surface area contributed by atoms with E-state index in [1.165, 1.54) is 21.6 Å². The molecule has 4 heteroatoms. The molecule has 1 heterocycles. The van der Waals surface area contributed by atoms with Crippen molar-refractivity contribution >= 4 is 28.9 Å². The second-order valence-electron chi connectivity index (χ2n) is 5.78. The number of hydrogen-bond donors (Lipinski definition) is 0. The lowest BCUT2D eigenvalue weighted by Crippen LogP contribution is -2.30. The summed E-state index contributed by atoms with van der Waals surface area (Å²) in [5, 5.41) is 0. The van der Waals surface area contributed by atoms with Gasteiger partial charge in [-0.1, -0.05) is 30.5 Å². The Bertz CT molecular complexity index is 755. The van der Waals surface area contributed by atoms with Crippen molar-refractivity contribution in [2.24, 2.45) is 0 Å². The van der Waals surface area contributed by atoms with Crippen LogP contribution in [0.25, 0.3) is 0 Å². The van der Waals surface area contributed by atoms with Gasteiger partial charge in [-0.25, -0.2) is 0 Å². The fourth-order valence-electron chi connectivity index (χ4n) is 2.64. The van der Waals surface area contributed by atoms with Crippen LogP contribution in [0.15, 0.2) is 64.9 Å². The fourth-order valence-corrected chi connectivity index (χ4v) is 3.72. The molecule has 2 aromatic carbocycles. The van der Waals surface area contributed by atoms with Crippen molar-refractivity contribution in [1.82, 2.24) is 4.90 Å². The zero-order valence-corrected chi connectivity index (χ0v) is 14.3. The minimum absolute atomic E-state index is 0.0378. The highest BCUT2D eigenvalue weighted by molar-refractivity contribution is 7.99. The highest BCUT2D eigenvalue weighted by atomic mass is 32.2. The summed E-state index contributed by atoms with van der Waals surface area (Å²) < 4.78 is 0. The van der Waals surface area contributed by atoms with E-state index in [-0.39, 0.29) is 5.78 Å². The predicted octanol–water partition coefficient (Wildman–Crippen LogP) is 4.22. The van der Waals surface area contributed by atoms with Crippen molar-refractivity contribution in [1.29, 1.82) is 0 Å². The van der Waals surface area contributed by atoms with Crippen LogP contribution in [-0.4, -0.2) is 37.9 Å². The minimum atomic E-state index is -0.0378. The second kappa shape index (κ2) is 6.60. The van der Waals surface area contributed by atoms with Crippen molar-refractivity contribution < 1.29 is 4.79 Å². The molecule has 0 spiro atoms. The van der Waals surface area contributed by atoms with Gasteiger partial charge in [-0.3, -0.25) is 4.79 Å². The summed E-state index contributed by atoms with van der Waals surface area (Å²) in [6, 6.07) is 14.3. The number of likely N-dealkylation sites (N-methyl/N-ethyl adjacent to an activating group) is 1. The third-order valence-corrected chi connectivity index (χ3v) is 5.00. The normalized spacial score (nSPS) is 12.7. The lowest BCUT2D eigenvalue weighted by Gasteiger charge is -2.33. The number of allylic oxidation sites excluding steroid dienone is 1. The van der Waals surface area contributed by atoms with Gasteiger partial charge in [-0.05, 0) is 50.5 Å². The van der Waals surface area contributed by atoms with Gasteiger partial charge < -0.3 is 9.80 Å². The standard InChI is InChI=1S/C19H20N2OS/c1-4-17(22)14-9-10-19-16(13-14)21(12-11-20(2)3)15-7-5-6-8-18(15)23-19/h4-10,13H,1,11-12H2,2-3H3. The zero-order valence-electron chi connectivity index (χ0n) is 13.5. The molecule has 0 aromatic heterocycles. The van der Waals surface area contributed by atoms with Crippen molar-refractivity contribution in [2.45, 2.75) is 9.79 Å². The Kier molecular flexibility index (Phi) is 4.55. The summed E-state index contributed by atoms with van der Waals surface area (Å²) in [6.45, 7) is 5.41. The van der Waals surface area contributed by atoms with Gasteiger partial charge in [0.15, 0.2) is 5.78 Å². The van der Waals surface area contributed by atoms with E-state index in [4.69, 9.17) is 0 Å². The molecule has 1 aliphatic rings. The minimum Gasteiger partial charge on any atom is -0.338 e. The Labute approximate surface area is 141 Å². The molecule has 0 N–H and O–H groups in total. The molecule has 2 aromatic rings. The van der Waals surface area contributed by atoms with E-state index in [1.807, 2.05) is 18.2 Å². The van der Waals surface area contributed by atoms with E-state index in [2.05, 4.69) is 54.7 Å². The zero-order chi connectivity index (χ0) is 16.4. The molecule has 0 aliphatic carbocycles. The first-order valence-corrected chi connectivity index (χ1v) is 8.42. The van der Waals surface area contributed by atoms with Crippen molar-refractivity contribution in [3.05, 3.63) is 60.7 Å². The quantitative estimate of drug-likeness (QED) is 0.607. The van der Waals surface area contributed by atoms with Gasteiger partial charge in [-0.2, -0.15) is 0 Å². The van der Waals surface area contributed by atoms with Crippen LogP contribution >= 0.6 is 11.8 Å². The van der Waals surface area contributed by atoms with Crippen LogP contribution in [0.1, 0.15) is 10.4 Å². The molecule has 3 nitrogen and oxygen atoms in total. The van der Waals surface area contributed by atoms with E-state index in [1.54, 1.807) is 11.8 Å². The number of carbonyl (C=O) groups excluding carboxylic acids is 1. The van der Waals surface area contributed by atoms with Crippen LogP contribution in [0.3, 0.4) is 0 Å². The topological polar surface area (TPSA) is 23.6 Å². The van der Waals surface area contributed by atoms with Crippen molar-refractivity contribution in [3.8, 4) is 0 Å². The Balaban J connectivity index is 2.06. The van der Waals surface area contributed by atoms with Crippen LogP contribution in [-0.2, 0) is 0 Å². The maximum Gasteiger partial charge on any atom is 0.185 e. The molecule has 0 unspecified atom stereocenters. The van der Waals surface area contributed by atoms with Gasteiger partial charge >= 0.3 is 0 Å². The number of rotatable bonds is 5. The van der Waals surface area contributed by atoms with Crippen molar-refractivity contribution in [3.63, 3.8) is 0 Å². The predicted molar refractivity (Wildman–Crippen MR) is 97.1 cm³/mol. The lowest BCUT2D eigenvalue weighted by molar-refractivity contribution is 0.104. The molecule has 0 bridgehead atoms. The summed E-state index contributed by atoms with van der Waals surface area (Å²) in [5.74, 6) is -0.0378. The van der Waals surface area contributed by atoms with Crippen LogP contribution < -0.4 is 4.90 Å². The molecule has 0 amide bonds. The van der Waals surface area contributed by atoms with E-state index in [0.717, 1.165) is 18.8 Å². The van der Waals surface area contributed by atoms with Gasteiger partial charge in [0.25, 0.3) is 0 Å². The van der Waals surface area contributed by atoms with Gasteiger partial charge in [0, 0.05) is 28.4 Å². The maximum atomic E-state index is 12.0. The molecule has 3 rings (SSSR count). The Hall–Kier alpha value is -2.04. The average molecular weight is 324 g/mol. The van der Waals surface area contributed by atoms with Gasteiger partial charge in [-0.15, -0.1) is 0 Å². The first kappa shape index (κ1) is 15.8. The van der Waals surface area contributed by atoms with E-state index < -0.39 is 0 Å². The summed E-state index contributed by atoms with van der Waals surface area (Å²) in [6.07, 6.45) is 1.37. The number of para-hydroxylation sites is 1. The van der Waals surface area contributed by atoms with Gasteiger partial charge in [0.05, 0.1) is 11.4 Å². The number of benzene rings is 2. The maximum absolute atomic E-state index is 12.0. The van der Waals surface area contributed by atoms with Crippen LogP contribution in [0.2, 0.25) is 0 Å². The van der Waals surface area contributed by atoms with E-state index in [0.29, 0.717) is 5.56 Å². The first-order valence-electron chi connectivity index (χ1n) is 7.60. The third kappa shape index (κ3) is 3.19. The SMILES string of the molecule is C=CC(=O)c1ccc2c(c1)N(CCN(C)C)c1ccccc1S2. The van der Waals surface area contributed by atoms with Crippen LogP contribution in [0.4, 0.5) is 11.4 Å². The van der Waals surface area contributed by atoms with Gasteiger partial charge in [0.1, 0.15) is 0 Å². The average Bonchev–Trinajstić information content (AvgIpc) is 2.57. The molecular formula is C19H20N2OS. The largest absolute Gasteiger partial charge is 0.338 e. The number of anilines is 2. The summed E-state index contributed by atoms with van der Waals surface area (Å²) >= 11 is 1.76. The van der Waals surface area contributed by atoms with Crippen molar-refractivity contribution in [2.75, 3.05) is 32.1 Å². The molecule has 0 atom stereocenters. The molecule has 0 radical (unpaired) electrons. The first-order chi connectivity index (χ1) is 11.1. The Morgan fingerprint density at radius 3 is 2.65 bits per heavy atom. The highest BCUT2D eigenvalue weighted by Crippen LogP contribution is 2.48. The molecule has 1 aliphatic heterocycles. The molecule has 0 fully saturated rings. The number of carbonyl (C=O) groups is 1. The van der Waals surface area contributed by atoms with E-state index >= 15 is 0 Å². The molecular weight excluding hydrogens is 304 g/mol. The van der Waals surface area contributed by atoms with Crippen LogP contribution in [0, 0.1) is 0 Å². The number of nitrogens with zero attached hydrogens (tertiary/aromatic N) is 2. The number of fused-ring (bicyclic) bond motifs is 2. The summed E-state index contributed by atoms with van der Waals surface area (Å²) in [5.41, 5.74) is 2.99. The number of ketones is 1. The second-order valence-corrected chi connectivity index (χ2v) is 6.86. The molecule has 118 valence electrons. The van der Waals surface area contributed by atoms with Crippen LogP contribution in [0.5, 0.6) is 0 Å². The Morgan fingerprint density at radius 2 is 1.91 bits per heavy atom.